The standard InChI is InChI=1S/C15H12Cl3NO2/c1-9(21-14-7-11(17)5-12(18)8-14)15(20)19-13-4-2-3-10(16)6-13/h2-9H,1H3,(H,19,20)/t9-/m1/s1. The van der Waals surface area contributed by atoms with E-state index in [1.807, 2.05) is 0 Å². The van der Waals surface area contributed by atoms with Gasteiger partial charge in [0, 0.05) is 20.8 Å². The zero-order chi connectivity index (χ0) is 15.4. The van der Waals surface area contributed by atoms with E-state index in [1.54, 1.807) is 49.4 Å². The summed E-state index contributed by atoms with van der Waals surface area (Å²) in [4.78, 5) is 12.1. The van der Waals surface area contributed by atoms with Crippen LogP contribution in [0, 0.1) is 0 Å². The number of ether oxygens (including phenoxy) is 1. The fourth-order valence-electron chi connectivity index (χ4n) is 1.66. The van der Waals surface area contributed by atoms with Crippen molar-refractivity contribution in [3.05, 3.63) is 57.5 Å². The Morgan fingerprint density at radius 2 is 1.71 bits per heavy atom. The summed E-state index contributed by atoms with van der Waals surface area (Å²) in [6, 6.07) is 11.7. The Morgan fingerprint density at radius 3 is 2.33 bits per heavy atom. The molecule has 0 radical (unpaired) electrons. The molecular formula is C15H12Cl3NO2. The normalized spacial score (nSPS) is 11.8. The van der Waals surface area contributed by atoms with E-state index in [1.165, 1.54) is 0 Å². The summed E-state index contributed by atoms with van der Waals surface area (Å²) in [6.45, 7) is 1.63. The third kappa shape index (κ3) is 4.81. The Morgan fingerprint density at radius 1 is 1.05 bits per heavy atom. The van der Waals surface area contributed by atoms with Crippen LogP contribution in [-0.2, 0) is 4.79 Å². The summed E-state index contributed by atoms with van der Waals surface area (Å²) in [5.74, 6) is 0.134. The Bertz CT molecular complexity index is 641. The van der Waals surface area contributed by atoms with Gasteiger partial charge in [0.05, 0.1) is 0 Å². The molecule has 0 aromatic heterocycles. The van der Waals surface area contributed by atoms with Crippen LogP contribution in [-0.4, -0.2) is 12.0 Å². The largest absolute Gasteiger partial charge is 0.481 e. The van der Waals surface area contributed by atoms with Crippen molar-refractivity contribution in [2.24, 2.45) is 0 Å². The first kappa shape index (κ1) is 16.0. The van der Waals surface area contributed by atoms with Gasteiger partial charge in [-0.1, -0.05) is 40.9 Å². The lowest BCUT2D eigenvalue weighted by atomic mass is 10.3. The second-order valence-electron chi connectivity index (χ2n) is 4.36. The van der Waals surface area contributed by atoms with Crippen LogP contribution in [0.4, 0.5) is 5.69 Å². The fourth-order valence-corrected chi connectivity index (χ4v) is 2.36. The van der Waals surface area contributed by atoms with Gasteiger partial charge in [-0.3, -0.25) is 4.79 Å². The number of carbonyl (C=O) groups is 1. The monoisotopic (exact) mass is 343 g/mol. The first-order valence-electron chi connectivity index (χ1n) is 6.13. The predicted octanol–water partition coefficient (Wildman–Crippen LogP) is 5.05. The third-order valence-electron chi connectivity index (χ3n) is 2.61. The zero-order valence-electron chi connectivity index (χ0n) is 11.1. The van der Waals surface area contributed by atoms with Crippen molar-refractivity contribution in [3.8, 4) is 5.75 Å². The number of nitrogens with one attached hydrogen (secondary N) is 1. The van der Waals surface area contributed by atoms with Crippen molar-refractivity contribution in [3.63, 3.8) is 0 Å². The SMILES string of the molecule is C[C@@H](Oc1cc(Cl)cc(Cl)c1)C(=O)Nc1cccc(Cl)c1. The van der Waals surface area contributed by atoms with Gasteiger partial charge in [0.25, 0.3) is 5.91 Å². The molecule has 1 N–H and O–H groups in total. The van der Waals surface area contributed by atoms with Gasteiger partial charge in [-0.05, 0) is 43.3 Å². The second kappa shape index (κ2) is 7.03. The van der Waals surface area contributed by atoms with Crippen molar-refractivity contribution >= 4 is 46.4 Å². The summed E-state index contributed by atoms with van der Waals surface area (Å²) < 4.78 is 5.53. The number of hydrogen-bond donors (Lipinski definition) is 1. The lowest BCUT2D eigenvalue weighted by Gasteiger charge is -2.15. The zero-order valence-corrected chi connectivity index (χ0v) is 13.3. The molecule has 0 fully saturated rings. The number of anilines is 1. The summed E-state index contributed by atoms with van der Waals surface area (Å²) in [6.07, 6.45) is -0.710. The van der Waals surface area contributed by atoms with Crippen LogP contribution >= 0.6 is 34.8 Å². The molecule has 2 aromatic rings. The van der Waals surface area contributed by atoms with Crippen molar-refractivity contribution in [2.75, 3.05) is 5.32 Å². The van der Waals surface area contributed by atoms with Gasteiger partial charge in [-0.15, -0.1) is 0 Å². The van der Waals surface area contributed by atoms with E-state index < -0.39 is 6.10 Å². The maximum Gasteiger partial charge on any atom is 0.265 e. The molecule has 0 heterocycles. The molecule has 0 aliphatic carbocycles. The average molecular weight is 345 g/mol. The van der Waals surface area contributed by atoms with Gasteiger partial charge in [0.15, 0.2) is 6.10 Å². The number of amides is 1. The molecule has 0 aliphatic heterocycles. The number of rotatable bonds is 4. The van der Waals surface area contributed by atoms with Crippen LogP contribution in [0.1, 0.15) is 6.92 Å². The lowest BCUT2D eigenvalue weighted by Crippen LogP contribution is -2.30. The molecule has 110 valence electrons. The second-order valence-corrected chi connectivity index (χ2v) is 5.67. The van der Waals surface area contributed by atoms with Gasteiger partial charge in [0.1, 0.15) is 5.75 Å². The van der Waals surface area contributed by atoms with Gasteiger partial charge in [-0.25, -0.2) is 0 Å². The highest BCUT2D eigenvalue weighted by Gasteiger charge is 2.15. The molecule has 2 rings (SSSR count). The first-order chi connectivity index (χ1) is 9.94. The number of carbonyl (C=O) groups excluding carboxylic acids is 1. The summed E-state index contributed by atoms with van der Waals surface area (Å²) in [5.41, 5.74) is 0.604. The smallest absolute Gasteiger partial charge is 0.265 e. The van der Waals surface area contributed by atoms with Crippen LogP contribution in [0.3, 0.4) is 0 Å². The molecule has 1 amide bonds. The highest BCUT2D eigenvalue weighted by atomic mass is 35.5. The Balaban J connectivity index is 2.02. The van der Waals surface area contributed by atoms with Crippen molar-refractivity contribution in [1.29, 1.82) is 0 Å². The molecule has 6 heteroatoms. The fraction of sp³-hybridized carbons (Fsp3) is 0.133. The van der Waals surface area contributed by atoms with Gasteiger partial charge >= 0.3 is 0 Å². The van der Waals surface area contributed by atoms with Crippen LogP contribution in [0.25, 0.3) is 0 Å². The van der Waals surface area contributed by atoms with Gasteiger partial charge in [0.2, 0.25) is 0 Å². The quantitative estimate of drug-likeness (QED) is 0.842. The summed E-state index contributed by atoms with van der Waals surface area (Å²) >= 11 is 17.6. The number of halogens is 3. The number of benzene rings is 2. The summed E-state index contributed by atoms with van der Waals surface area (Å²) in [7, 11) is 0. The average Bonchev–Trinajstić information content (AvgIpc) is 2.37. The highest BCUT2D eigenvalue weighted by Crippen LogP contribution is 2.25. The van der Waals surface area contributed by atoms with E-state index in [-0.39, 0.29) is 5.91 Å². The van der Waals surface area contributed by atoms with E-state index in [0.717, 1.165) is 0 Å². The van der Waals surface area contributed by atoms with E-state index >= 15 is 0 Å². The molecule has 21 heavy (non-hydrogen) atoms. The van der Waals surface area contributed by atoms with E-state index in [9.17, 15) is 4.79 Å². The molecule has 1 atom stereocenters. The van der Waals surface area contributed by atoms with Gasteiger partial charge < -0.3 is 10.1 Å². The minimum atomic E-state index is -0.710. The minimum Gasteiger partial charge on any atom is -0.481 e. The Labute approximate surface area is 137 Å². The topological polar surface area (TPSA) is 38.3 Å². The van der Waals surface area contributed by atoms with E-state index in [2.05, 4.69) is 5.32 Å². The van der Waals surface area contributed by atoms with Crippen molar-refractivity contribution in [2.45, 2.75) is 13.0 Å². The molecule has 0 saturated heterocycles. The molecule has 0 unspecified atom stereocenters. The molecule has 2 aromatic carbocycles. The summed E-state index contributed by atoms with van der Waals surface area (Å²) in [5, 5.41) is 4.15. The molecule has 0 bridgehead atoms. The molecule has 0 aliphatic rings. The van der Waals surface area contributed by atoms with E-state index in [4.69, 9.17) is 39.5 Å². The van der Waals surface area contributed by atoms with Crippen LogP contribution < -0.4 is 10.1 Å². The molecular weight excluding hydrogens is 333 g/mol. The maximum absolute atomic E-state index is 12.1. The Hall–Kier alpha value is -1.42. The van der Waals surface area contributed by atoms with Gasteiger partial charge in [-0.2, -0.15) is 0 Å². The van der Waals surface area contributed by atoms with Crippen LogP contribution in [0.5, 0.6) is 5.75 Å². The predicted molar refractivity (Wildman–Crippen MR) is 86.6 cm³/mol. The lowest BCUT2D eigenvalue weighted by molar-refractivity contribution is -0.122. The highest BCUT2D eigenvalue weighted by molar-refractivity contribution is 6.34. The van der Waals surface area contributed by atoms with Crippen LogP contribution in [0.15, 0.2) is 42.5 Å². The minimum absolute atomic E-state index is 0.298. The molecule has 0 saturated carbocycles. The first-order valence-corrected chi connectivity index (χ1v) is 7.26. The molecule has 3 nitrogen and oxygen atoms in total. The van der Waals surface area contributed by atoms with Crippen molar-refractivity contribution in [1.82, 2.24) is 0 Å². The number of hydrogen-bond acceptors (Lipinski definition) is 2. The molecule has 0 spiro atoms. The Kier molecular flexibility index (Phi) is 5.34. The van der Waals surface area contributed by atoms with E-state index in [0.29, 0.717) is 26.5 Å². The van der Waals surface area contributed by atoms with Crippen molar-refractivity contribution < 1.29 is 9.53 Å². The third-order valence-corrected chi connectivity index (χ3v) is 3.28. The van der Waals surface area contributed by atoms with Crippen LogP contribution in [0.2, 0.25) is 15.1 Å². The maximum atomic E-state index is 12.1.